The second-order valence-corrected chi connectivity index (χ2v) is 6.40. The summed E-state index contributed by atoms with van der Waals surface area (Å²) >= 11 is 1.77. The third kappa shape index (κ3) is 3.10. The van der Waals surface area contributed by atoms with Crippen molar-refractivity contribution in [3.05, 3.63) is 29.8 Å². The zero-order chi connectivity index (χ0) is 13.9. The van der Waals surface area contributed by atoms with Gasteiger partial charge in [-0.25, -0.2) is 0 Å². The number of amides is 1. The van der Waals surface area contributed by atoms with Crippen LogP contribution in [0.25, 0.3) is 0 Å². The Kier molecular flexibility index (Phi) is 4.17. The van der Waals surface area contributed by atoms with Gasteiger partial charge in [0.25, 0.3) is 0 Å². The number of rotatable bonds is 5. The van der Waals surface area contributed by atoms with Gasteiger partial charge < -0.3 is 10.1 Å². The molecule has 2 N–H and O–H groups in total. The number of nitrogens with one attached hydrogen (secondary N) is 2. The minimum Gasteiger partial charge on any atom is -0.497 e. The highest BCUT2D eigenvalue weighted by Gasteiger charge is 2.35. The summed E-state index contributed by atoms with van der Waals surface area (Å²) in [6.07, 6.45) is 2.40. The number of carbonyl (C=O) groups excluding carboxylic acids is 1. The summed E-state index contributed by atoms with van der Waals surface area (Å²) in [5.41, 5.74) is 1.17. The first-order valence-corrected chi connectivity index (χ1v) is 8.19. The lowest BCUT2D eigenvalue weighted by Crippen LogP contribution is -2.44. The highest BCUT2D eigenvalue weighted by molar-refractivity contribution is 7.99. The van der Waals surface area contributed by atoms with Gasteiger partial charge in [-0.2, -0.15) is 0 Å². The summed E-state index contributed by atoms with van der Waals surface area (Å²) in [5, 5.41) is 6.44. The first kappa shape index (κ1) is 13.8. The van der Waals surface area contributed by atoms with Gasteiger partial charge in [-0.3, -0.25) is 10.1 Å². The molecule has 1 aliphatic heterocycles. The first-order chi connectivity index (χ1) is 9.78. The molecule has 5 heteroatoms. The minimum absolute atomic E-state index is 0.0421. The summed E-state index contributed by atoms with van der Waals surface area (Å²) in [4.78, 5) is 12.3. The molecule has 1 saturated heterocycles. The van der Waals surface area contributed by atoms with Gasteiger partial charge in [0.05, 0.1) is 19.2 Å². The lowest BCUT2D eigenvalue weighted by molar-refractivity contribution is -0.123. The van der Waals surface area contributed by atoms with Crippen molar-refractivity contribution in [2.45, 2.75) is 24.9 Å². The van der Waals surface area contributed by atoms with Crippen LogP contribution in [-0.4, -0.2) is 30.7 Å². The van der Waals surface area contributed by atoms with Crippen LogP contribution in [0.5, 0.6) is 5.75 Å². The molecule has 3 rings (SSSR count). The molecule has 1 aromatic rings. The fourth-order valence-electron chi connectivity index (χ4n) is 2.53. The zero-order valence-electron chi connectivity index (χ0n) is 11.6. The number of thioether (sulfide) groups is 1. The largest absolute Gasteiger partial charge is 0.497 e. The molecule has 1 saturated carbocycles. The fraction of sp³-hybridized carbons (Fsp3) is 0.533. The Bertz CT molecular complexity index is 467. The smallest absolute Gasteiger partial charge is 0.238 e. The van der Waals surface area contributed by atoms with Crippen LogP contribution in [0.1, 0.15) is 24.4 Å². The average molecular weight is 292 g/mol. The number of hydrogen-bond acceptors (Lipinski definition) is 4. The van der Waals surface area contributed by atoms with Crippen molar-refractivity contribution < 1.29 is 9.53 Å². The van der Waals surface area contributed by atoms with Gasteiger partial charge in [-0.1, -0.05) is 12.1 Å². The summed E-state index contributed by atoms with van der Waals surface area (Å²) in [6, 6.07) is 8.12. The van der Waals surface area contributed by atoms with E-state index in [0.29, 0.717) is 5.92 Å². The summed E-state index contributed by atoms with van der Waals surface area (Å²) < 4.78 is 5.19. The molecular weight excluding hydrogens is 272 g/mol. The van der Waals surface area contributed by atoms with Crippen molar-refractivity contribution in [1.82, 2.24) is 10.6 Å². The quantitative estimate of drug-likeness (QED) is 0.870. The summed E-state index contributed by atoms with van der Waals surface area (Å²) in [5.74, 6) is 3.30. The normalized spacial score (nSPS) is 23.4. The Labute approximate surface area is 123 Å². The van der Waals surface area contributed by atoms with Gasteiger partial charge in [-0.15, -0.1) is 11.8 Å². The van der Waals surface area contributed by atoms with E-state index in [1.807, 2.05) is 12.1 Å². The number of methoxy groups -OCH3 is 1. The van der Waals surface area contributed by atoms with Gasteiger partial charge in [0, 0.05) is 11.6 Å². The van der Waals surface area contributed by atoms with E-state index in [0.717, 1.165) is 17.4 Å². The monoisotopic (exact) mass is 292 g/mol. The molecule has 2 aliphatic rings. The van der Waals surface area contributed by atoms with Crippen LogP contribution in [0.2, 0.25) is 0 Å². The van der Waals surface area contributed by atoms with E-state index >= 15 is 0 Å². The van der Waals surface area contributed by atoms with Crippen LogP contribution in [-0.2, 0) is 4.79 Å². The van der Waals surface area contributed by atoms with Crippen LogP contribution in [0.15, 0.2) is 24.3 Å². The SMILES string of the molecule is COc1ccc(C(NC(=O)C2CSCN2)C2CC2)cc1. The third-order valence-corrected chi connectivity index (χ3v) is 4.84. The molecule has 1 heterocycles. The Hall–Kier alpha value is -1.20. The van der Waals surface area contributed by atoms with Gasteiger partial charge in [0.1, 0.15) is 5.75 Å². The lowest BCUT2D eigenvalue weighted by atomic mass is 10.0. The molecule has 0 bridgehead atoms. The van der Waals surface area contributed by atoms with E-state index in [1.165, 1.54) is 18.4 Å². The second kappa shape index (κ2) is 6.06. The van der Waals surface area contributed by atoms with Crippen molar-refractivity contribution in [3.63, 3.8) is 0 Å². The average Bonchev–Trinajstić information content (AvgIpc) is 3.17. The second-order valence-electron chi connectivity index (χ2n) is 5.37. The number of carbonyl (C=O) groups is 1. The lowest BCUT2D eigenvalue weighted by Gasteiger charge is -2.21. The Morgan fingerprint density at radius 1 is 1.40 bits per heavy atom. The van der Waals surface area contributed by atoms with Crippen molar-refractivity contribution in [2.24, 2.45) is 5.92 Å². The van der Waals surface area contributed by atoms with Crippen LogP contribution in [0.4, 0.5) is 0 Å². The fourth-order valence-corrected chi connectivity index (χ4v) is 3.47. The van der Waals surface area contributed by atoms with E-state index in [2.05, 4.69) is 22.8 Å². The Morgan fingerprint density at radius 2 is 2.15 bits per heavy atom. The molecule has 2 atom stereocenters. The van der Waals surface area contributed by atoms with Crippen LogP contribution < -0.4 is 15.4 Å². The summed E-state index contributed by atoms with van der Waals surface area (Å²) in [7, 11) is 1.67. The molecule has 4 nitrogen and oxygen atoms in total. The molecule has 1 aromatic carbocycles. The number of ether oxygens (including phenoxy) is 1. The molecule has 0 radical (unpaired) electrons. The molecule has 20 heavy (non-hydrogen) atoms. The standard InChI is InChI=1S/C15H20N2O2S/c1-19-12-6-4-11(5-7-12)14(10-2-3-10)17-15(18)13-8-20-9-16-13/h4-7,10,13-14,16H,2-3,8-9H2,1H3,(H,17,18). The van der Waals surface area contributed by atoms with Crippen LogP contribution >= 0.6 is 11.8 Å². The molecule has 2 unspecified atom stereocenters. The maximum atomic E-state index is 12.3. The van der Waals surface area contributed by atoms with Gasteiger partial charge >= 0.3 is 0 Å². The first-order valence-electron chi connectivity index (χ1n) is 7.03. The van der Waals surface area contributed by atoms with E-state index in [4.69, 9.17) is 4.74 Å². The zero-order valence-corrected chi connectivity index (χ0v) is 12.4. The number of benzene rings is 1. The van der Waals surface area contributed by atoms with E-state index in [1.54, 1.807) is 18.9 Å². The molecular formula is C15H20N2O2S. The topological polar surface area (TPSA) is 50.4 Å². The van der Waals surface area contributed by atoms with Crippen LogP contribution in [0.3, 0.4) is 0 Å². The van der Waals surface area contributed by atoms with E-state index in [-0.39, 0.29) is 18.0 Å². The molecule has 0 aromatic heterocycles. The molecule has 0 spiro atoms. The third-order valence-electron chi connectivity index (χ3n) is 3.90. The molecule has 2 fully saturated rings. The van der Waals surface area contributed by atoms with Crippen LogP contribution in [0, 0.1) is 5.92 Å². The Balaban J connectivity index is 1.69. The molecule has 1 amide bonds. The minimum atomic E-state index is -0.0421. The van der Waals surface area contributed by atoms with Gasteiger partial charge in [0.2, 0.25) is 5.91 Å². The maximum absolute atomic E-state index is 12.3. The predicted molar refractivity (Wildman–Crippen MR) is 80.9 cm³/mol. The van der Waals surface area contributed by atoms with Crippen molar-refractivity contribution in [2.75, 3.05) is 18.7 Å². The highest BCUT2D eigenvalue weighted by Crippen LogP contribution is 2.41. The van der Waals surface area contributed by atoms with E-state index in [9.17, 15) is 4.79 Å². The number of hydrogen-bond donors (Lipinski definition) is 2. The predicted octanol–water partition coefficient (Wildman–Crippen LogP) is 1.92. The van der Waals surface area contributed by atoms with Gasteiger partial charge in [-0.05, 0) is 36.5 Å². The highest BCUT2D eigenvalue weighted by atomic mass is 32.2. The Morgan fingerprint density at radius 3 is 2.70 bits per heavy atom. The van der Waals surface area contributed by atoms with Crippen molar-refractivity contribution in [1.29, 1.82) is 0 Å². The molecule has 1 aliphatic carbocycles. The molecule has 108 valence electrons. The van der Waals surface area contributed by atoms with E-state index < -0.39 is 0 Å². The van der Waals surface area contributed by atoms with Gasteiger partial charge in [0.15, 0.2) is 0 Å². The maximum Gasteiger partial charge on any atom is 0.238 e. The van der Waals surface area contributed by atoms with Crippen molar-refractivity contribution in [3.8, 4) is 5.75 Å². The van der Waals surface area contributed by atoms with Crippen molar-refractivity contribution >= 4 is 17.7 Å². The summed E-state index contributed by atoms with van der Waals surface area (Å²) in [6.45, 7) is 0.